The van der Waals surface area contributed by atoms with Crippen LogP contribution in [0.1, 0.15) is 39.9 Å². The number of hydrogen-bond donors (Lipinski definition) is 0. The number of likely N-dealkylation sites (N-methyl/N-ethyl adjacent to an activating group) is 1. The minimum atomic E-state index is -0.403. The molecule has 2 amide bonds. The highest BCUT2D eigenvalue weighted by Gasteiger charge is 2.50. The lowest BCUT2D eigenvalue weighted by Gasteiger charge is -2.29. The fourth-order valence-corrected chi connectivity index (χ4v) is 4.72. The molecule has 6 heteroatoms. The monoisotopic (exact) mass is 336 g/mol. The Bertz CT molecular complexity index is 625. The maximum atomic E-state index is 13.1. The zero-order valence-electron chi connectivity index (χ0n) is 14.2. The molecule has 0 aliphatic carbocycles. The summed E-state index contributed by atoms with van der Waals surface area (Å²) in [6.45, 7) is 4.81. The molecule has 0 saturated carbocycles. The first-order chi connectivity index (χ1) is 10.9. The van der Waals surface area contributed by atoms with Crippen molar-refractivity contribution >= 4 is 23.2 Å². The highest BCUT2D eigenvalue weighted by atomic mass is 32.1. The first-order valence-corrected chi connectivity index (χ1v) is 9.00. The number of amides is 2. The van der Waals surface area contributed by atoms with Gasteiger partial charge in [0.2, 0.25) is 5.91 Å². The standard InChI is InChI=1S/C17H24N2O3S/c1-5-14-10(2)8-15(23-14)17(21)19-11-6-7-22-13(11)9-12(19)16(20)18(3)4/h8,11-13H,5-7,9H2,1-4H3/t11-,12?,13-/m0/s1. The molecule has 0 bridgehead atoms. The average molecular weight is 336 g/mol. The van der Waals surface area contributed by atoms with Crippen molar-refractivity contribution in [1.82, 2.24) is 9.80 Å². The fraction of sp³-hybridized carbons (Fsp3) is 0.647. The van der Waals surface area contributed by atoms with Crippen LogP contribution < -0.4 is 0 Å². The quantitative estimate of drug-likeness (QED) is 0.849. The Labute approximate surface area is 141 Å². The molecule has 1 unspecified atom stereocenters. The molecule has 0 N–H and O–H groups in total. The molecule has 3 atom stereocenters. The molecule has 2 fully saturated rings. The number of hydrogen-bond acceptors (Lipinski definition) is 4. The number of nitrogens with zero attached hydrogens (tertiary/aromatic N) is 2. The molecule has 0 spiro atoms. The van der Waals surface area contributed by atoms with Gasteiger partial charge in [-0.1, -0.05) is 6.92 Å². The molecule has 3 rings (SSSR count). The molecule has 0 aromatic carbocycles. The minimum Gasteiger partial charge on any atom is -0.376 e. The molecule has 2 aliphatic rings. The summed E-state index contributed by atoms with van der Waals surface area (Å²) in [7, 11) is 3.48. The van der Waals surface area contributed by atoms with Gasteiger partial charge in [-0.25, -0.2) is 0 Å². The second kappa shape index (κ2) is 6.24. The average Bonchev–Trinajstić information content (AvgIpc) is 3.18. The van der Waals surface area contributed by atoms with E-state index in [0.29, 0.717) is 13.0 Å². The summed E-state index contributed by atoms with van der Waals surface area (Å²) in [6.07, 6.45) is 2.36. The maximum absolute atomic E-state index is 13.1. The third-order valence-electron chi connectivity index (χ3n) is 4.84. The second-order valence-corrected chi connectivity index (χ2v) is 7.67. The fourth-order valence-electron chi connectivity index (χ4n) is 3.66. The van der Waals surface area contributed by atoms with E-state index in [0.717, 1.165) is 23.3 Å². The summed E-state index contributed by atoms with van der Waals surface area (Å²) in [6, 6.07) is 1.59. The van der Waals surface area contributed by atoms with Crippen LogP contribution in [-0.2, 0) is 16.0 Å². The number of aryl methyl sites for hydroxylation is 2. The summed E-state index contributed by atoms with van der Waals surface area (Å²) in [4.78, 5) is 31.0. The van der Waals surface area contributed by atoms with Crippen molar-refractivity contribution in [3.8, 4) is 0 Å². The second-order valence-electron chi connectivity index (χ2n) is 6.53. The van der Waals surface area contributed by atoms with E-state index >= 15 is 0 Å². The van der Waals surface area contributed by atoms with E-state index in [9.17, 15) is 9.59 Å². The predicted octanol–water partition coefficient (Wildman–Crippen LogP) is 2.08. The van der Waals surface area contributed by atoms with E-state index < -0.39 is 6.04 Å². The molecular weight excluding hydrogens is 312 g/mol. The van der Waals surface area contributed by atoms with Gasteiger partial charge in [0.1, 0.15) is 6.04 Å². The lowest BCUT2D eigenvalue weighted by atomic mass is 10.1. The van der Waals surface area contributed by atoms with Gasteiger partial charge in [0, 0.05) is 32.0 Å². The SMILES string of the molecule is CCc1sc(C(=O)N2C(C(=O)N(C)C)C[C@@H]3OCC[C@@H]32)cc1C. The Balaban J connectivity index is 1.92. The maximum Gasteiger partial charge on any atom is 0.264 e. The van der Waals surface area contributed by atoms with Crippen molar-refractivity contribution in [2.75, 3.05) is 20.7 Å². The summed E-state index contributed by atoms with van der Waals surface area (Å²) in [5.74, 6) is -0.0312. The van der Waals surface area contributed by atoms with Crippen molar-refractivity contribution in [3.63, 3.8) is 0 Å². The highest BCUT2D eigenvalue weighted by Crippen LogP contribution is 2.36. The van der Waals surface area contributed by atoms with Crippen LogP contribution in [0, 0.1) is 6.92 Å². The summed E-state index contributed by atoms with van der Waals surface area (Å²) in [5, 5.41) is 0. The predicted molar refractivity (Wildman–Crippen MR) is 89.8 cm³/mol. The third-order valence-corrected chi connectivity index (χ3v) is 6.21. The van der Waals surface area contributed by atoms with Crippen LogP contribution in [0.15, 0.2) is 6.07 Å². The Hall–Kier alpha value is -1.40. The Morgan fingerprint density at radius 1 is 1.43 bits per heavy atom. The van der Waals surface area contributed by atoms with Gasteiger partial charge in [-0.05, 0) is 31.4 Å². The van der Waals surface area contributed by atoms with Crippen molar-refractivity contribution in [2.45, 2.75) is 51.3 Å². The van der Waals surface area contributed by atoms with Crippen LogP contribution in [0.4, 0.5) is 0 Å². The molecule has 23 heavy (non-hydrogen) atoms. The van der Waals surface area contributed by atoms with Crippen molar-refractivity contribution < 1.29 is 14.3 Å². The van der Waals surface area contributed by atoms with Gasteiger partial charge in [-0.3, -0.25) is 9.59 Å². The van der Waals surface area contributed by atoms with Crippen LogP contribution in [0.2, 0.25) is 0 Å². The third kappa shape index (κ3) is 2.78. The zero-order valence-corrected chi connectivity index (χ0v) is 15.0. The molecule has 1 aromatic heterocycles. The van der Waals surface area contributed by atoms with Gasteiger partial charge in [0.15, 0.2) is 0 Å². The first kappa shape index (κ1) is 16.5. The number of rotatable bonds is 3. The number of carbonyl (C=O) groups is 2. The van der Waals surface area contributed by atoms with Gasteiger partial charge < -0.3 is 14.5 Å². The first-order valence-electron chi connectivity index (χ1n) is 8.18. The van der Waals surface area contributed by atoms with Crippen molar-refractivity contribution in [1.29, 1.82) is 0 Å². The number of thiophene rings is 1. The van der Waals surface area contributed by atoms with Gasteiger partial charge in [-0.2, -0.15) is 0 Å². The number of ether oxygens (including phenoxy) is 1. The molecule has 2 aliphatic heterocycles. The lowest BCUT2D eigenvalue weighted by Crippen LogP contribution is -2.48. The molecule has 0 radical (unpaired) electrons. The number of fused-ring (bicyclic) bond motifs is 1. The van der Waals surface area contributed by atoms with Crippen LogP contribution in [0.3, 0.4) is 0 Å². The van der Waals surface area contributed by atoms with Crippen LogP contribution in [0.5, 0.6) is 0 Å². The molecule has 2 saturated heterocycles. The van der Waals surface area contributed by atoms with E-state index in [1.807, 2.05) is 13.0 Å². The summed E-state index contributed by atoms with van der Waals surface area (Å²) < 4.78 is 5.74. The summed E-state index contributed by atoms with van der Waals surface area (Å²) in [5.41, 5.74) is 1.16. The van der Waals surface area contributed by atoms with Crippen LogP contribution >= 0.6 is 11.3 Å². The largest absolute Gasteiger partial charge is 0.376 e. The molecule has 5 nitrogen and oxygen atoms in total. The van der Waals surface area contributed by atoms with Gasteiger partial charge in [-0.15, -0.1) is 11.3 Å². The normalized spacial score (nSPS) is 26.4. The van der Waals surface area contributed by atoms with Gasteiger partial charge in [0.25, 0.3) is 5.91 Å². The Morgan fingerprint density at radius 2 is 2.17 bits per heavy atom. The molecule has 126 valence electrons. The van der Waals surface area contributed by atoms with Gasteiger partial charge in [0.05, 0.1) is 17.0 Å². The number of likely N-dealkylation sites (tertiary alicyclic amines) is 1. The van der Waals surface area contributed by atoms with Gasteiger partial charge >= 0.3 is 0 Å². The van der Waals surface area contributed by atoms with Crippen LogP contribution in [-0.4, -0.2) is 60.5 Å². The smallest absolute Gasteiger partial charge is 0.264 e. The Morgan fingerprint density at radius 3 is 2.78 bits per heavy atom. The van der Waals surface area contributed by atoms with E-state index in [2.05, 4.69) is 6.92 Å². The van der Waals surface area contributed by atoms with E-state index in [1.54, 1.807) is 35.2 Å². The minimum absolute atomic E-state index is 0.000412. The topological polar surface area (TPSA) is 49.9 Å². The number of carbonyl (C=O) groups excluding carboxylic acids is 2. The zero-order chi connectivity index (χ0) is 16.7. The lowest BCUT2D eigenvalue weighted by molar-refractivity contribution is -0.133. The van der Waals surface area contributed by atoms with Crippen molar-refractivity contribution in [2.24, 2.45) is 0 Å². The van der Waals surface area contributed by atoms with E-state index in [1.165, 1.54) is 4.88 Å². The van der Waals surface area contributed by atoms with E-state index in [-0.39, 0.29) is 24.0 Å². The van der Waals surface area contributed by atoms with E-state index in [4.69, 9.17) is 4.74 Å². The Kier molecular flexibility index (Phi) is 4.47. The summed E-state index contributed by atoms with van der Waals surface area (Å²) >= 11 is 1.55. The molecule has 1 aromatic rings. The molecular formula is C17H24N2O3S. The molecule has 3 heterocycles. The van der Waals surface area contributed by atoms with Crippen LogP contribution in [0.25, 0.3) is 0 Å². The highest BCUT2D eigenvalue weighted by molar-refractivity contribution is 7.14. The van der Waals surface area contributed by atoms with Crippen molar-refractivity contribution in [3.05, 3.63) is 21.4 Å².